The molecular weight excluding hydrogens is 348 g/mol. The smallest absolute Gasteiger partial charge is 0.255 e. The fraction of sp³-hybridized carbons (Fsp3) is 0.118. The summed E-state index contributed by atoms with van der Waals surface area (Å²) in [6.07, 6.45) is 1.48. The quantitative estimate of drug-likeness (QED) is 0.841. The summed E-state index contributed by atoms with van der Waals surface area (Å²) in [7, 11) is -3.69. The van der Waals surface area contributed by atoms with Gasteiger partial charge in [0.15, 0.2) is 0 Å². The Bertz CT molecular complexity index is 875. The number of nitrogens with one attached hydrogen (secondary N) is 2. The number of rotatable bonds is 5. The molecule has 0 saturated carbocycles. The van der Waals surface area contributed by atoms with E-state index in [2.05, 4.69) is 10.0 Å². The van der Waals surface area contributed by atoms with E-state index in [4.69, 9.17) is 11.6 Å². The van der Waals surface area contributed by atoms with Gasteiger partial charge in [-0.05, 0) is 48.4 Å². The van der Waals surface area contributed by atoms with E-state index in [1.165, 1.54) is 13.0 Å². The second-order valence-corrected chi connectivity index (χ2v) is 7.16. The van der Waals surface area contributed by atoms with Gasteiger partial charge in [-0.1, -0.05) is 29.8 Å². The van der Waals surface area contributed by atoms with Gasteiger partial charge in [0.2, 0.25) is 5.91 Å². The highest BCUT2D eigenvalue weighted by atomic mass is 35.5. The van der Waals surface area contributed by atoms with Crippen molar-refractivity contribution in [3.63, 3.8) is 0 Å². The second kappa shape index (κ2) is 7.51. The van der Waals surface area contributed by atoms with Crippen molar-refractivity contribution in [3.8, 4) is 0 Å². The van der Waals surface area contributed by atoms with E-state index in [1.807, 2.05) is 0 Å². The van der Waals surface area contributed by atoms with Crippen molar-refractivity contribution in [3.05, 3.63) is 64.0 Å². The molecule has 5 nitrogen and oxygen atoms in total. The molecular formula is C17H17ClN2O3S. The highest BCUT2D eigenvalue weighted by molar-refractivity contribution is 7.95. The molecule has 0 aliphatic heterocycles. The first-order valence-corrected chi connectivity index (χ1v) is 9.03. The van der Waals surface area contributed by atoms with E-state index in [0.29, 0.717) is 27.5 Å². The van der Waals surface area contributed by atoms with Gasteiger partial charge in [0.05, 0.1) is 11.1 Å². The van der Waals surface area contributed by atoms with Gasteiger partial charge in [-0.2, -0.15) is 0 Å². The zero-order valence-electron chi connectivity index (χ0n) is 13.2. The molecule has 0 aliphatic rings. The number of carbonyl (C=O) groups is 1. The molecule has 2 N–H and O–H groups in total. The summed E-state index contributed by atoms with van der Waals surface area (Å²) in [6.45, 7) is 3.12. The zero-order chi connectivity index (χ0) is 17.7. The first-order valence-electron chi connectivity index (χ1n) is 7.10. The first-order chi connectivity index (χ1) is 11.3. The van der Waals surface area contributed by atoms with Crippen LogP contribution in [0.5, 0.6) is 0 Å². The maximum atomic E-state index is 12.2. The molecule has 0 atom stereocenters. The molecule has 0 heterocycles. The monoisotopic (exact) mass is 364 g/mol. The van der Waals surface area contributed by atoms with Crippen LogP contribution in [-0.2, 0) is 14.8 Å². The normalized spacial score (nSPS) is 11.5. The fourth-order valence-electron chi connectivity index (χ4n) is 2.00. The molecule has 24 heavy (non-hydrogen) atoms. The van der Waals surface area contributed by atoms with E-state index in [9.17, 15) is 13.2 Å². The van der Waals surface area contributed by atoms with Crippen molar-refractivity contribution in [1.82, 2.24) is 0 Å². The Morgan fingerprint density at radius 3 is 2.33 bits per heavy atom. The lowest BCUT2D eigenvalue weighted by Gasteiger charge is -2.12. The van der Waals surface area contributed by atoms with Crippen molar-refractivity contribution in [1.29, 1.82) is 0 Å². The predicted molar refractivity (Wildman–Crippen MR) is 98.5 cm³/mol. The molecule has 0 fully saturated rings. The van der Waals surface area contributed by atoms with Crippen LogP contribution >= 0.6 is 11.6 Å². The average molecular weight is 365 g/mol. The minimum absolute atomic E-state index is 0.222. The van der Waals surface area contributed by atoms with Crippen LogP contribution in [0, 0.1) is 6.92 Å². The standard InChI is InChI=1S/C17H17ClN2O3S/c1-12-16(19-13(2)21)4-3-5-17(12)20-24(22,23)11-10-14-6-8-15(18)9-7-14/h3-11,20H,1-2H3,(H,19,21)/b11-10+. The molecule has 7 heteroatoms. The summed E-state index contributed by atoms with van der Waals surface area (Å²) in [5, 5.41) is 4.32. The summed E-state index contributed by atoms with van der Waals surface area (Å²) < 4.78 is 26.9. The highest BCUT2D eigenvalue weighted by Crippen LogP contribution is 2.24. The summed E-state index contributed by atoms with van der Waals surface area (Å²) >= 11 is 5.79. The third-order valence-corrected chi connectivity index (χ3v) is 4.46. The molecule has 2 aromatic carbocycles. The number of sulfonamides is 1. The van der Waals surface area contributed by atoms with Gasteiger partial charge in [-0.3, -0.25) is 9.52 Å². The number of benzene rings is 2. The zero-order valence-corrected chi connectivity index (χ0v) is 14.8. The van der Waals surface area contributed by atoms with Crippen molar-refractivity contribution in [2.45, 2.75) is 13.8 Å². The van der Waals surface area contributed by atoms with Crippen LogP contribution < -0.4 is 10.0 Å². The third-order valence-electron chi connectivity index (χ3n) is 3.21. The van der Waals surface area contributed by atoms with Crippen LogP contribution in [0.3, 0.4) is 0 Å². The summed E-state index contributed by atoms with van der Waals surface area (Å²) in [6, 6.07) is 11.8. The molecule has 0 aliphatic carbocycles. The molecule has 0 aromatic heterocycles. The summed E-state index contributed by atoms with van der Waals surface area (Å²) in [5.74, 6) is -0.222. The summed E-state index contributed by atoms with van der Waals surface area (Å²) in [4.78, 5) is 11.2. The van der Waals surface area contributed by atoms with Gasteiger partial charge in [0.1, 0.15) is 0 Å². The molecule has 0 spiro atoms. The van der Waals surface area contributed by atoms with E-state index in [1.54, 1.807) is 49.4 Å². The van der Waals surface area contributed by atoms with Crippen molar-refractivity contribution in [2.75, 3.05) is 10.0 Å². The Kier molecular flexibility index (Phi) is 5.64. The number of amides is 1. The van der Waals surface area contributed by atoms with Crippen LogP contribution in [-0.4, -0.2) is 14.3 Å². The number of halogens is 1. The minimum Gasteiger partial charge on any atom is -0.326 e. The van der Waals surface area contributed by atoms with Crippen LogP contribution in [0.4, 0.5) is 11.4 Å². The number of carbonyl (C=O) groups excluding carboxylic acids is 1. The van der Waals surface area contributed by atoms with Gasteiger partial charge in [-0.25, -0.2) is 8.42 Å². The molecule has 0 bridgehead atoms. The molecule has 2 rings (SSSR count). The van der Waals surface area contributed by atoms with Crippen LogP contribution in [0.2, 0.25) is 5.02 Å². The number of anilines is 2. The SMILES string of the molecule is CC(=O)Nc1cccc(NS(=O)(=O)/C=C/c2ccc(Cl)cc2)c1C. The molecule has 0 saturated heterocycles. The Labute approximate surface area is 146 Å². The molecule has 0 radical (unpaired) electrons. The third kappa shape index (κ3) is 5.11. The number of hydrogen-bond acceptors (Lipinski definition) is 3. The molecule has 0 unspecified atom stereocenters. The van der Waals surface area contributed by atoms with Crippen LogP contribution in [0.15, 0.2) is 47.9 Å². The Morgan fingerprint density at radius 2 is 1.71 bits per heavy atom. The van der Waals surface area contributed by atoms with E-state index >= 15 is 0 Å². The van der Waals surface area contributed by atoms with Gasteiger partial charge in [0.25, 0.3) is 10.0 Å². The first kappa shape index (κ1) is 18.0. The van der Waals surface area contributed by atoms with Gasteiger partial charge in [0, 0.05) is 17.6 Å². The second-order valence-electron chi connectivity index (χ2n) is 5.16. The van der Waals surface area contributed by atoms with Crippen LogP contribution in [0.25, 0.3) is 6.08 Å². The largest absolute Gasteiger partial charge is 0.326 e. The van der Waals surface area contributed by atoms with Gasteiger partial charge < -0.3 is 5.32 Å². The van der Waals surface area contributed by atoms with Crippen molar-refractivity contribution >= 4 is 45.0 Å². The Morgan fingerprint density at radius 1 is 1.08 bits per heavy atom. The van der Waals surface area contributed by atoms with Crippen LogP contribution in [0.1, 0.15) is 18.1 Å². The summed E-state index contributed by atoms with van der Waals surface area (Å²) in [5.41, 5.74) is 2.32. The van der Waals surface area contributed by atoms with Crippen molar-refractivity contribution in [2.24, 2.45) is 0 Å². The lowest BCUT2D eigenvalue weighted by atomic mass is 10.1. The predicted octanol–water partition coefficient (Wildman–Crippen LogP) is 4.02. The molecule has 1 amide bonds. The topological polar surface area (TPSA) is 75.3 Å². The lowest BCUT2D eigenvalue weighted by Crippen LogP contribution is -2.12. The van der Waals surface area contributed by atoms with E-state index < -0.39 is 10.0 Å². The van der Waals surface area contributed by atoms with E-state index in [-0.39, 0.29) is 5.91 Å². The van der Waals surface area contributed by atoms with Crippen molar-refractivity contribution < 1.29 is 13.2 Å². The Balaban J connectivity index is 2.20. The fourth-order valence-corrected chi connectivity index (χ4v) is 3.06. The van der Waals surface area contributed by atoms with Gasteiger partial charge in [-0.15, -0.1) is 0 Å². The van der Waals surface area contributed by atoms with Gasteiger partial charge >= 0.3 is 0 Å². The average Bonchev–Trinajstić information content (AvgIpc) is 2.50. The maximum absolute atomic E-state index is 12.2. The lowest BCUT2D eigenvalue weighted by molar-refractivity contribution is -0.114. The Hall–Kier alpha value is -2.31. The minimum atomic E-state index is -3.69. The highest BCUT2D eigenvalue weighted by Gasteiger charge is 2.10. The molecule has 2 aromatic rings. The number of hydrogen-bond donors (Lipinski definition) is 2. The van der Waals surface area contributed by atoms with E-state index in [0.717, 1.165) is 5.41 Å². The molecule has 126 valence electrons. The maximum Gasteiger partial charge on any atom is 0.255 e.